The molecule has 0 bridgehead atoms. The summed E-state index contributed by atoms with van der Waals surface area (Å²) in [5, 5.41) is 5.71. The zero-order valence-electron chi connectivity index (χ0n) is 10.9. The lowest BCUT2D eigenvalue weighted by Crippen LogP contribution is -2.26. The van der Waals surface area contributed by atoms with Gasteiger partial charge in [-0.25, -0.2) is 4.98 Å². The molecular weight excluding hydrogens is 232 g/mol. The number of hydrogen-bond acceptors (Lipinski definition) is 4. The molecule has 0 aromatic carbocycles. The van der Waals surface area contributed by atoms with Crippen LogP contribution in [0.4, 0.5) is 5.82 Å². The van der Waals surface area contributed by atoms with Gasteiger partial charge in [-0.3, -0.25) is 9.59 Å². The van der Waals surface area contributed by atoms with E-state index in [1.54, 1.807) is 26.2 Å². The van der Waals surface area contributed by atoms with Crippen LogP contribution in [0.3, 0.4) is 0 Å². The van der Waals surface area contributed by atoms with Crippen molar-refractivity contribution in [2.75, 3.05) is 32.5 Å². The molecule has 0 saturated carbocycles. The lowest BCUT2D eigenvalue weighted by atomic mass is 10.2. The molecule has 6 nitrogen and oxygen atoms in total. The van der Waals surface area contributed by atoms with E-state index in [-0.39, 0.29) is 11.8 Å². The summed E-state index contributed by atoms with van der Waals surface area (Å²) in [6.07, 6.45) is 1.53. The van der Waals surface area contributed by atoms with E-state index in [0.717, 1.165) is 0 Å². The Labute approximate surface area is 106 Å². The van der Waals surface area contributed by atoms with Gasteiger partial charge in [0, 0.05) is 40.3 Å². The molecule has 0 aliphatic carbocycles. The quantitative estimate of drug-likeness (QED) is 0.739. The monoisotopic (exact) mass is 250 g/mol. The molecule has 0 spiro atoms. The van der Waals surface area contributed by atoms with Crippen LogP contribution in [-0.4, -0.2) is 48.9 Å². The van der Waals surface area contributed by atoms with Gasteiger partial charge in [-0.1, -0.05) is 0 Å². The van der Waals surface area contributed by atoms with Gasteiger partial charge >= 0.3 is 0 Å². The molecule has 0 aliphatic heterocycles. The van der Waals surface area contributed by atoms with E-state index in [4.69, 9.17) is 0 Å². The number of hydrogen-bond donors (Lipinski definition) is 2. The van der Waals surface area contributed by atoms with Crippen LogP contribution >= 0.6 is 0 Å². The highest BCUT2D eigenvalue weighted by Gasteiger charge is 2.07. The van der Waals surface area contributed by atoms with Gasteiger partial charge in [0.1, 0.15) is 5.82 Å². The van der Waals surface area contributed by atoms with E-state index in [9.17, 15) is 9.59 Å². The fourth-order valence-corrected chi connectivity index (χ4v) is 1.31. The van der Waals surface area contributed by atoms with Crippen molar-refractivity contribution < 1.29 is 9.59 Å². The number of rotatable bonds is 5. The van der Waals surface area contributed by atoms with Crippen molar-refractivity contribution in [2.24, 2.45) is 0 Å². The highest BCUT2D eigenvalue weighted by atomic mass is 16.2. The number of nitrogens with one attached hydrogen (secondary N) is 2. The predicted octanol–water partition coefficient (Wildman–Crippen LogP) is 0.331. The lowest BCUT2D eigenvalue weighted by Gasteiger charge is -2.10. The van der Waals surface area contributed by atoms with E-state index in [1.807, 2.05) is 0 Å². The van der Waals surface area contributed by atoms with Crippen LogP contribution < -0.4 is 10.6 Å². The molecule has 1 heterocycles. The van der Waals surface area contributed by atoms with Crippen LogP contribution in [0, 0.1) is 0 Å². The van der Waals surface area contributed by atoms with Gasteiger partial charge in [-0.05, 0) is 12.1 Å². The summed E-state index contributed by atoms with van der Waals surface area (Å²) in [5.74, 6) is 0.541. The van der Waals surface area contributed by atoms with Crippen LogP contribution in [0.2, 0.25) is 0 Å². The van der Waals surface area contributed by atoms with Gasteiger partial charge in [0.15, 0.2) is 0 Å². The number of amides is 2. The van der Waals surface area contributed by atoms with Gasteiger partial charge in [0.05, 0.1) is 5.56 Å². The number of anilines is 1. The minimum Gasteiger partial charge on any atom is -0.368 e. The lowest BCUT2D eigenvalue weighted by molar-refractivity contribution is -0.118. The zero-order valence-corrected chi connectivity index (χ0v) is 10.9. The maximum absolute atomic E-state index is 11.6. The molecular formula is C12H18N4O2. The zero-order chi connectivity index (χ0) is 13.5. The third-order valence-electron chi connectivity index (χ3n) is 2.22. The second-order valence-corrected chi connectivity index (χ2v) is 4.04. The highest BCUT2D eigenvalue weighted by Crippen LogP contribution is 2.06. The molecule has 6 heteroatoms. The Morgan fingerprint density at radius 1 is 1.28 bits per heavy atom. The summed E-state index contributed by atoms with van der Waals surface area (Å²) < 4.78 is 0. The van der Waals surface area contributed by atoms with E-state index < -0.39 is 0 Å². The van der Waals surface area contributed by atoms with E-state index in [1.165, 1.54) is 18.0 Å². The SMILES string of the molecule is CC(=O)NCCNc1ccc(C(=O)N(C)C)cn1. The third kappa shape index (κ3) is 4.40. The average molecular weight is 250 g/mol. The molecule has 2 N–H and O–H groups in total. The van der Waals surface area contributed by atoms with Crippen LogP contribution in [0.1, 0.15) is 17.3 Å². The van der Waals surface area contributed by atoms with E-state index in [2.05, 4.69) is 15.6 Å². The van der Waals surface area contributed by atoms with Crippen molar-refractivity contribution in [3.8, 4) is 0 Å². The molecule has 0 fully saturated rings. The normalized spacial score (nSPS) is 9.72. The molecule has 1 aromatic heterocycles. The summed E-state index contributed by atoms with van der Waals surface area (Å²) in [5.41, 5.74) is 0.549. The number of pyridine rings is 1. The summed E-state index contributed by atoms with van der Waals surface area (Å²) in [7, 11) is 3.39. The minimum absolute atomic E-state index is 0.0586. The fourth-order valence-electron chi connectivity index (χ4n) is 1.31. The largest absolute Gasteiger partial charge is 0.368 e. The molecule has 2 amide bonds. The standard InChI is InChI=1S/C12H18N4O2/c1-9(17)13-6-7-14-11-5-4-10(8-15-11)12(18)16(2)3/h4-5,8H,6-7H2,1-3H3,(H,13,17)(H,14,15). The second kappa shape index (κ2) is 6.58. The summed E-state index contributed by atoms with van der Waals surface area (Å²) >= 11 is 0. The van der Waals surface area contributed by atoms with Gasteiger partial charge in [0.2, 0.25) is 5.91 Å². The van der Waals surface area contributed by atoms with Crippen molar-refractivity contribution >= 4 is 17.6 Å². The highest BCUT2D eigenvalue weighted by molar-refractivity contribution is 5.93. The number of carbonyl (C=O) groups is 2. The molecule has 0 aliphatic rings. The molecule has 1 rings (SSSR count). The van der Waals surface area contributed by atoms with Crippen molar-refractivity contribution in [2.45, 2.75) is 6.92 Å². The van der Waals surface area contributed by atoms with Crippen molar-refractivity contribution in [1.29, 1.82) is 0 Å². The molecule has 18 heavy (non-hydrogen) atoms. The summed E-state index contributed by atoms with van der Waals surface area (Å²) in [4.78, 5) is 27.9. The maximum atomic E-state index is 11.6. The Hall–Kier alpha value is -2.11. The number of aromatic nitrogens is 1. The fraction of sp³-hybridized carbons (Fsp3) is 0.417. The van der Waals surface area contributed by atoms with Crippen molar-refractivity contribution in [3.05, 3.63) is 23.9 Å². The number of nitrogens with zero attached hydrogens (tertiary/aromatic N) is 2. The van der Waals surface area contributed by atoms with Gasteiger partial charge in [-0.2, -0.15) is 0 Å². The second-order valence-electron chi connectivity index (χ2n) is 4.04. The Morgan fingerprint density at radius 2 is 2.00 bits per heavy atom. The molecule has 0 unspecified atom stereocenters. The van der Waals surface area contributed by atoms with Gasteiger partial charge < -0.3 is 15.5 Å². The first-order valence-electron chi connectivity index (χ1n) is 5.66. The molecule has 98 valence electrons. The molecule has 1 aromatic rings. The van der Waals surface area contributed by atoms with E-state index >= 15 is 0 Å². The topological polar surface area (TPSA) is 74.3 Å². The Kier molecular flexibility index (Phi) is 5.10. The first kappa shape index (κ1) is 14.0. The van der Waals surface area contributed by atoms with E-state index in [0.29, 0.717) is 24.5 Å². The first-order chi connectivity index (χ1) is 8.50. The predicted molar refractivity (Wildman–Crippen MR) is 69.4 cm³/mol. The van der Waals surface area contributed by atoms with Crippen LogP contribution in [0.25, 0.3) is 0 Å². The van der Waals surface area contributed by atoms with Gasteiger partial charge in [0.25, 0.3) is 5.91 Å². The third-order valence-corrected chi connectivity index (χ3v) is 2.22. The first-order valence-corrected chi connectivity index (χ1v) is 5.66. The Bertz CT molecular complexity index is 415. The maximum Gasteiger partial charge on any atom is 0.254 e. The van der Waals surface area contributed by atoms with Crippen LogP contribution in [0.5, 0.6) is 0 Å². The Morgan fingerprint density at radius 3 is 2.50 bits per heavy atom. The van der Waals surface area contributed by atoms with Crippen LogP contribution in [0.15, 0.2) is 18.3 Å². The van der Waals surface area contributed by atoms with Gasteiger partial charge in [-0.15, -0.1) is 0 Å². The average Bonchev–Trinajstić information content (AvgIpc) is 2.34. The molecule has 0 radical (unpaired) electrons. The molecule has 0 saturated heterocycles. The summed E-state index contributed by atoms with van der Waals surface area (Å²) in [6, 6.07) is 3.46. The summed E-state index contributed by atoms with van der Waals surface area (Å²) in [6.45, 7) is 2.60. The smallest absolute Gasteiger partial charge is 0.254 e. The van der Waals surface area contributed by atoms with Crippen molar-refractivity contribution in [3.63, 3.8) is 0 Å². The van der Waals surface area contributed by atoms with Crippen LogP contribution in [-0.2, 0) is 4.79 Å². The Balaban J connectivity index is 2.45. The van der Waals surface area contributed by atoms with Crippen molar-refractivity contribution in [1.82, 2.24) is 15.2 Å². The minimum atomic E-state index is -0.0766. The number of carbonyl (C=O) groups excluding carboxylic acids is 2. The molecule has 0 atom stereocenters.